The molecule has 2 heterocycles. The first kappa shape index (κ1) is 28.3. The second-order valence-electron chi connectivity index (χ2n) is 10.8. The number of rotatable bonds is 9. The van der Waals surface area contributed by atoms with E-state index in [4.69, 9.17) is 14.4 Å². The number of carboxylic acid groups (broad SMARTS) is 1. The second-order valence-corrected chi connectivity index (χ2v) is 10.8. The molecule has 35 heavy (non-hydrogen) atoms. The molecule has 1 unspecified atom stereocenters. The Hall–Kier alpha value is -2.92. The summed E-state index contributed by atoms with van der Waals surface area (Å²) in [6.07, 6.45) is 5.99. The van der Waals surface area contributed by atoms with E-state index in [0.29, 0.717) is 29.7 Å². The predicted octanol–water partition coefficient (Wildman–Crippen LogP) is 4.00. The van der Waals surface area contributed by atoms with Gasteiger partial charge in [0.1, 0.15) is 0 Å². The van der Waals surface area contributed by atoms with E-state index >= 15 is 0 Å². The zero-order valence-corrected chi connectivity index (χ0v) is 21.9. The molecule has 1 aromatic heterocycles. The summed E-state index contributed by atoms with van der Waals surface area (Å²) in [4.78, 5) is 21.7. The number of nitrogens with zero attached hydrogens (tertiary/aromatic N) is 3. The average Bonchev–Trinajstić information content (AvgIpc) is 3.22. The summed E-state index contributed by atoms with van der Waals surface area (Å²) in [5.74, 6) is 0. The van der Waals surface area contributed by atoms with Crippen LogP contribution in [0.25, 0.3) is 5.57 Å². The van der Waals surface area contributed by atoms with Gasteiger partial charge in [-0.3, -0.25) is 14.8 Å². The fourth-order valence-electron chi connectivity index (χ4n) is 3.61. The van der Waals surface area contributed by atoms with Gasteiger partial charge in [0.15, 0.2) is 0 Å². The smallest absolute Gasteiger partial charge is 0.465 e. The van der Waals surface area contributed by atoms with Crippen molar-refractivity contribution in [1.82, 2.24) is 15.1 Å². The molecule has 0 spiro atoms. The molecule has 1 saturated heterocycles. The van der Waals surface area contributed by atoms with Crippen molar-refractivity contribution < 1.29 is 24.1 Å². The fourth-order valence-corrected chi connectivity index (χ4v) is 3.61. The number of nitrogens with one attached hydrogen (secondary N) is 1. The Morgan fingerprint density at radius 2 is 1.89 bits per heavy atom. The highest BCUT2D eigenvalue weighted by Gasteiger charge is 2.53. The van der Waals surface area contributed by atoms with Crippen molar-refractivity contribution in [1.29, 1.82) is 0 Å². The molecule has 11 heteroatoms. The standard InChI is InChI=1S/C24H37BN4O6/c1-10-17(12-11-16(2)29(32)33)20-18(25-34-23(6,7)24(8,9)35-25)15-28(27-20)14-13-19(22(3,4)5)26-21(30)31/h10-12,15,19,26H,2,13-14H2,1,3-9H3,(H,30,31)/b12-11-,17-10+. The third kappa shape index (κ3) is 6.82. The molecule has 0 bridgehead atoms. The van der Waals surface area contributed by atoms with Gasteiger partial charge in [0.05, 0.1) is 21.8 Å². The Labute approximate surface area is 207 Å². The molecule has 10 nitrogen and oxygen atoms in total. The predicted molar refractivity (Wildman–Crippen MR) is 136 cm³/mol. The molecule has 1 atom stereocenters. The van der Waals surface area contributed by atoms with Gasteiger partial charge < -0.3 is 19.7 Å². The molecule has 0 saturated carbocycles. The van der Waals surface area contributed by atoms with E-state index in [2.05, 4.69) is 11.9 Å². The van der Waals surface area contributed by atoms with Crippen molar-refractivity contribution in [2.75, 3.05) is 0 Å². The number of hydrogen-bond acceptors (Lipinski definition) is 6. The van der Waals surface area contributed by atoms with Crippen LogP contribution in [0.2, 0.25) is 0 Å². The van der Waals surface area contributed by atoms with E-state index in [9.17, 15) is 20.0 Å². The van der Waals surface area contributed by atoms with Gasteiger partial charge in [-0.25, -0.2) is 4.79 Å². The quantitative estimate of drug-likeness (QED) is 0.233. The van der Waals surface area contributed by atoms with E-state index in [0.717, 1.165) is 0 Å². The van der Waals surface area contributed by atoms with Gasteiger partial charge in [0, 0.05) is 30.3 Å². The summed E-state index contributed by atoms with van der Waals surface area (Å²) in [7, 11) is -0.693. The van der Waals surface area contributed by atoms with Gasteiger partial charge >= 0.3 is 13.2 Å². The number of hydrogen-bond donors (Lipinski definition) is 2. The summed E-state index contributed by atoms with van der Waals surface area (Å²) < 4.78 is 14.2. The fraction of sp³-hybridized carbons (Fsp3) is 0.583. The first-order valence-corrected chi connectivity index (χ1v) is 11.6. The molecule has 2 N–H and O–H groups in total. The maximum Gasteiger partial charge on any atom is 0.498 e. The van der Waals surface area contributed by atoms with Crippen LogP contribution < -0.4 is 10.8 Å². The maximum atomic E-state index is 11.3. The summed E-state index contributed by atoms with van der Waals surface area (Å²) in [6, 6.07) is -0.294. The number of amides is 1. The Morgan fingerprint density at radius 3 is 2.34 bits per heavy atom. The van der Waals surface area contributed by atoms with Gasteiger partial charge in [-0.1, -0.05) is 26.8 Å². The monoisotopic (exact) mass is 488 g/mol. The highest BCUT2D eigenvalue weighted by molar-refractivity contribution is 6.63. The van der Waals surface area contributed by atoms with E-state index in [1.807, 2.05) is 61.6 Å². The van der Waals surface area contributed by atoms with Crippen LogP contribution in [0.4, 0.5) is 4.79 Å². The largest absolute Gasteiger partial charge is 0.498 e. The molecule has 0 aromatic carbocycles. The number of nitro groups is 1. The second kappa shape index (κ2) is 10.4. The van der Waals surface area contributed by atoms with Crippen LogP contribution in [0.1, 0.15) is 67.5 Å². The van der Waals surface area contributed by atoms with Gasteiger partial charge in [-0.15, -0.1) is 0 Å². The highest BCUT2D eigenvalue weighted by Crippen LogP contribution is 2.37. The molecule has 192 valence electrons. The summed E-state index contributed by atoms with van der Waals surface area (Å²) in [6.45, 7) is 19.5. The van der Waals surface area contributed by atoms with Crippen molar-refractivity contribution in [2.45, 2.75) is 85.6 Å². The molecule has 1 fully saturated rings. The molecule has 0 radical (unpaired) electrons. The van der Waals surface area contributed by atoms with E-state index in [-0.39, 0.29) is 17.2 Å². The SMILES string of the molecule is C=C(/C=C\C(=C/C)c1nn(CCC(NC(=O)O)C(C)(C)C)cc1B1OC(C)(C)C(C)(C)O1)[N+](=O)[O-]. The molecule has 1 amide bonds. The van der Waals surface area contributed by atoms with Crippen molar-refractivity contribution in [3.05, 3.63) is 52.5 Å². The van der Waals surface area contributed by atoms with Crippen molar-refractivity contribution in [2.24, 2.45) is 5.41 Å². The van der Waals surface area contributed by atoms with Crippen molar-refractivity contribution in [3.63, 3.8) is 0 Å². The van der Waals surface area contributed by atoms with Crippen LogP contribution in [-0.2, 0) is 15.9 Å². The molecular formula is C24H37BN4O6. The molecule has 0 aliphatic carbocycles. The lowest BCUT2D eigenvalue weighted by molar-refractivity contribution is -0.418. The van der Waals surface area contributed by atoms with Gasteiger partial charge in [0.2, 0.25) is 0 Å². The van der Waals surface area contributed by atoms with Crippen LogP contribution in [0.15, 0.2) is 36.7 Å². The first-order chi connectivity index (χ1) is 16.0. The van der Waals surface area contributed by atoms with E-state index in [1.54, 1.807) is 16.8 Å². The Kier molecular flexibility index (Phi) is 8.39. The lowest BCUT2D eigenvalue weighted by Gasteiger charge is -2.32. The summed E-state index contributed by atoms with van der Waals surface area (Å²) in [5, 5.41) is 27.6. The Balaban J connectivity index is 2.45. The van der Waals surface area contributed by atoms with Crippen LogP contribution in [0.5, 0.6) is 0 Å². The van der Waals surface area contributed by atoms with Crippen LogP contribution in [0, 0.1) is 15.5 Å². The Bertz CT molecular complexity index is 1020. The topological polar surface area (TPSA) is 129 Å². The first-order valence-electron chi connectivity index (χ1n) is 11.6. The number of allylic oxidation sites excluding steroid dienone is 4. The minimum Gasteiger partial charge on any atom is -0.465 e. The normalized spacial score (nSPS) is 18.6. The minimum atomic E-state index is -1.07. The number of aromatic nitrogens is 2. The Morgan fingerprint density at radius 1 is 1.31 bits per heavy atom. The molecular weight excluding hydrogens is 451 g/mol. The van der Waals surface area contributed by atoms with Gasteiger partial charge in [-0.2, -0.15) is 5.10 Å². The van der Waals surface area contributed by atoms with Crippen molar-refractivity contribution >= 4 is 24.2 Å². The van der Waals surface area contributed by atoms with E-state index < -0.39 is 29.3 Å². The summed E-state index contributed by atoms with van der Waals surface area (Å²) >= 11 is 0. The lowest BCUT2D eigenvalue weighted by atomic mass is 9.78. The van der Waals surface area contributed by atoms with Crippen molar-refractivity contribution in [3.8, 4) is 0 Å². The molecule has 1 aromatic rings. The minimum absolute atomic E-state index is 0.242. The zero-order valence-electron chi connectivity index (χ0n) is 21.9. The zero-order chi connectivity index (χ0) is 26.8. The third-order valence-corrected chi connectivity index (χ3v) is 6.56. The molecule has 2 rings (SSSR count). The van der Waals surface area contributed by atoms with Gasteiger partial charge in [0.25, 0.3) is 5.70 Å². The molecule has 1 aliphatic rings. The average molecular weight is 488 g/mol. The maximum absolute atomic E-state index is 11.3. The number of aryl methyl sites for hydroxylation is 1. The lowest BCUT2D eigenvalue weighted by Crippen LogP contribution is -2.43. The van der Waals surface area contributed by atoms with Crippen LogP contribution in [-0.4, -0.2) is 50.3 Å². The van der Waals surface area contributed by atoms with E-state index in [1.165, 1.54) is 6.08 Å². The molecule has 1 aliphatic heterocycles. The van der Waals surface area contributed by atoms with Crippen LogP contribution >= 0.6 is 0 Å². The number of carbonyl (C=O) groups is 1. The highest BCUT2D eigenvalue weighted by atomic mass is 16.7. The third-order valence-electron chi connectivity index (χ3n) is 6.56. The summed E-state index contributed by atoms with van der Waals surface area (Å²) in [5.41, 5.74) is 0.241. The van der Waals surface area contributed by atoms with Gasteiger partial charge in [-0.05, 0) is 64.7 Å². The van der Waals surface area contributed by atoms with Crippen LogP contribution in [0.3, 0.4) is 0 Å².